The molecule has 0 saturated carbocycles. The molecule has 1 aliphatic heterocycles. The molecule has 0 spiro atoms. The highest BCUT2D eigenvalue weighted by Gasteiger charge is 2.24. The summed E-state index contributed by atoms with van der Waals surface area (Å²) in [5.74, 6) is -0.377. The van der Waals surface area contributed by atoms with Crippen LogP contribution in [0.5, 0.6) is 0 Å². The van der Waals surface area contributed by atoms with Crippen LogP contribution in [0.25, 0.3) is 0 Å². The maximum Gasteiger partial charge on any atom is 0.142 e. The first-order valence-corrected chi connectivity index (χ1v) is 6.84. The van der Waals surface area contributed by atoms with Crippen molar-refractivity contribution in [1.82, 2.24) is 4.90 Å². The van der Waals surface area contributed by atoms with Crippen LogP contribution in [0.1, 0.15) is 24.8 Å². The average molecular weight is 287 g/mol. The van der Waals surface area contributed by atoms with E-state index in [2.05, 4.69) is 4.90 Å². The second-order valence-corrected chi connectivity index (χ2v) is 5.51. The first kappa shape index (κ1) is 13.7. The molecule has 5 heteroatoms. The van der Waals surface area contributed by atoms with Crippen molar-refractivity contribution >= 4 is 28.8 Å². The summed E-state index contributed by atoms with van der Waals surface area (Å²) in [4.78, 5) is 2.75. The molecule has 0 aromatic heterocycles. The van der Waals surface area contributed by atoms with E-state index in [-0.39, 0.29) is 16.9 Å². The lowest BCUT2D eigenvalue weighted by atomic mass is 10.0. The normalized spacial score (nSPS) is 20.9. The maximum atomic E-state index is 13.4. The van der Waals surface area contributed by atoms with Gasteiger partial charge in [0.05, 0.1) is 16.1 Å². The fourth-order valence-corrected chi connectivity index (χ4v) is 2.76. The minimum Gasteiger partial charge on any atom is -0.392 e. The highest BCUT2D eigenvalue weighted by Crippen LogP contribution is 2.22. The number of hydrogen-bond acceptors (Lipinski definition) is 2. The summed E-state index contributed by atoms with van der Waals surface area (Å²) in [6.45, 7) is 1.61. The van der Waals surface area contributed by atoms with E-state index < -0.39 is 0 Å². The van der Waals surface area contributed by atoms with Gasteiger partial charge in [-0.2, -0.15) is 0 Å². The molecule has 2 N–H and O–H groups in total. The molecule has 1 unspecified atom stereocenters. The molecule has 1 heterocycles. The third kappa shape index (κ3) is 3.19. The first-order chi connectivity index (χ1) is 8.58. The number of piperidine rings is 1. The zero-order valence-electron chi connectivity index (χ0n) is 10.0. The summed E-state index contributed by atoms with van der Waals surface area (Å²) in [6.07, 6.45) is 3.27. The van der Waals surface area contributed by atoms with Crippen molar-refractivity contribution in [2.45, 2.75) is 31.8 Å². The lowest BCUT2D eigenvalue weighted by molar-refractivity contribution is 0.184. The molecule has 98 valence electrons. The van der Waals surface area contributed by atoms with Crippen LogP contribution in [0.2, 0.25) is 5.02 Å². The Morgan fingerprint density at radius 3 is 2.94 bits per heavy atom. The van der Waals surface area contributed by atoms with E-state index in [4.69, 9.17) is 29.6 Å². The van der Waals surface area contributed by atoms with Crippen molar-refractivity contribution in [1.29, 1.82) is 0 Å². The largest absolute Gasteiger partial charge is 0.392 e. The van der Waals surface area contributed by atoms with Crippen LogP contribution in [0.4, 0.5) is 4.39 Å². The SMILES string of the molecule is NC(=S)C1CCCCN1Cc1ccc(Cl)c(F)c1. The Morgan fingerprint density at radius 1 is 1.50 bits per heavy atom. The molecule has 1 saturated heterocycles. The van der Waals surface area contributed by atoms with E-state index in [1.807, 2.05) is 6.07 Å². The fraction of sp³-hybridized carbons (Fsp3) is 0.462. The monoisotopic (exact) mass is 286 g/mol. The van der Waals surface area contributed by atoms with E-state index in [1.165, 1.54) is 6.07 Å². The van der Waals surface area contributed by atoms with Crippen molar-refractivity contribution in [2.75, 3.05) is 6.54 Å². The fourth-order valence-electron chi connectivity index (χ4n) is 2.37. The number of thiocarbonyl (C=S) groups is 1. The van der Waals surface area contributed by atoms with Gasteiger partial charge in [0, 0.05) is 6.54 Å². The van der Waals surface area contributed by atoms with Crippen LogP contribution >= 0.6 is 23.8 Å². The molecule has 2 rings (SSSR count). The van der Waals surface area contributed by atoms with Crippen molar-refractivity contribution in [3.8, 4) is 0 Å². The van der Waals surface area contributed by atoms with Gasteiger partial charge in [0.2, 0.25) is 0 Å². The number of hydrogen-bond donors (Lipinski definition) is 1. The standard InChI is InChI=1S/C13H16ClFN2S/c14-10-5-4-9(7-11(10)15)8-17-6-2-1-3-12(17)13(16)18/h4-5,7,12H,1-3,6,8H2,(H2,16,18). The quantitative estimate of drug-likeness (QED) is 0.866. The Kier molecular flexibility index (Phi) is 4.54. The zero-order chi connectivity index (χ0) is 13.1. The molecule has 1 aromatic rings. The smallest absolute Gasteiger partial charge is 0.142 e. The van der Waals surface area contributed by atoms with Crippen molar-refractivity contribution < 1.29 is 4.39 Å². The highest BCUT2D eigenvalue weighted by atomic mass is 35.5. The van der Waals surface area contributed by atoms with Crippen molar-refractivity contribution in [3.05, 3.63) is 34.6 Å². The van der Waals surface area contributed by atoms with Gasteiger partial charge in [-0.25, -0.2) is 4.39 Å². The van der Waals surface area contributed by atoms with Gasteiger partial charge in [0.25, 0.3) is 0 Å². The molecule has 1 fully saturated rings. The second kappa shape index (κ2) is 5.95. The zero-order valence-corrected chi connectivity index (χ0v) is 11.6. The molecule has 18 heavy (non-hydrogen) atoms. The number of halogens is 2. The summed E-state index contributed by atoms with van der Waals surface area (Å²) in [7, 11) is 0. The van der Waals surface area contributed by atoms with E-state index in [0.29, 0.717) is 11.5 Å². The van der Waals surface area contributed by atoms with Crippen LogP contribution in [-0.4, -0.2) is 22.5 Å². The Balaban J connectivity index is 2.10. The molecule has 2 nitrogen and oxygen atoms in total. The summed E-state index contributed by atoms with van der Waals surface area (Å²) in [5.41, 5.74) is 6.66. The second-order valence-electron chi connectivity index (χ2n) is 4.63. The lowest BCUT2D eigenvalue weighted by Gasteiger charge is -2.35. The highest BCUT2D eigenvalue weighted by molar-refractivity contribution is 7.80. The summed E-state index contributed by atoms with van der Waals surface area (Å²) >= 11 is 10.8. The van der Waals surface area contributed by atoms with Gasteiger partial charge in [0.1, 0.15) is 5.82 Å². The molecule has 0 bridgehead atoms. The number of benzene rings is 1. The predicted octanol–water partition coefficient (Wildman–Crippen LogP) is 3.12. The maximum absolute atomic E-state index is 13.4. The van der Waals surface area contributed by atoms with Gasteiger partial charge in [0.15, 0.2) is 0 Å². The molecule has 0 aliphatic carbocycles. The van der Waals surface area contributed by atoms with E-state index in [9.17, 15) is 4.39 Å². The number of nitrogens with two attached hydrogens (primary N) is 1. The Hall–Kier alpha value is -0.710. The Labute approximate surface area is 117 Å². The predicted molar refractivity (Wildman–Crippen MR) is 76.2 cm³/mol. The van der Waals surface area contributed by atoms with Gasteiger partial charge in [-0.3, -0.25) is 4.90 Å². The minimum atomic E-state index is -0.377. The molecular weight excluding hydrogens is 271 g/mol. The van der Waals surface area contributed by atoms with Crippen LogP contribution in [0.3, 0.4) is 0 Å². The Bertz CT molecular complexity index is 453. The average Bonchev–Trinajstić information content (AvgIpc) is 2.34. The van der Waals surface area contributed by atoms with Crippen LogP contribution in [-0.2, 0) is 6.54 Å². The number of nitrogens with zero attached hydrogens (tertiary/aromatic N) is 1. The minimum absolute atomic E-state index is 0.132. The summed E-state index contributed by atoms with van der Waals surface area (Å²) in [5, 5.41) is 0.156. The van der Waals surface area contributed by atoms with Crippen molar-refractivity contribution in [2.24, 2.45) is 5.73 Å². The first-order valence-electron chi connectivity index (χ1n) is 6.05. The molecular formula is C13H16ClFN2S. The Morgan fingerprint density at radius 2 is 2.28 bits per heavy atom. The third-order valence-corrected chi connectivity index (χ3v) is 3.89. The summed E-state index contributed by atoms with van der Waals surface area (Å²) < 4.78 is 13.4. The van der Waals surface area contributed by atoms with Gasteiger partial charge >= 0.3 is 0 Å². The van der Waals surface area contributed by atoms with Gasteiger partial charge < -0.3 is 5.73 Å². The molecule has 0 radical (unpaired) electrons. The van der Waals surface area contributed by atoms with Gasteiger partial charge in [-0.05, 0) is 37.1 Å². The van der Waals surface area contributed by atoms with E-state index in [1.54, 1.807) is 6.07 Å². The summed E-state index contributed by atoms with van der Waals surface area (Å²) in [6, 6.07) is 5.04. The number of rotatable bonds is 3. The molecule has 0 amide bonds. The van der Waals surface area contributed by atoms with Crippen LogP contribution in [0, 0.1) is 5.82 Å². The van der Waals surface area contributed by atoms with Crippen LogP contribution in [0.15, 0.2) is 18.2 Å². The topological polar surface area (TPSA) is 29.3 Å². The third-order valence-electron chi connectivity index (χ3n) is 3.31. The van der Waals surface area contributed by atoms with E-state index >= 15 is 0 Å². The molecule has 1 aliphatic rings. The lowest BCUT2D eigenvalue weighted by Crippen LogP contribution is -2.46. The van der Waals surface area contributed by atoms with Crippen LogP contribution < -0.4 is 5.73 Å². The van der Waals surface area contributed by atoms with Gasteiger partial charge in [-0.1, -0.05) is 36.3 Å². The molecule has 1 atom stereocenters. The number of likely N-dealkylation sites (tertiary alicyclic amines) is 1. The van der Waals surface area contributed by atoms with E-state index in [0.717, 1.165) is 31.4 Å². The molecule has 1 aromatic carbocycles. The van der Waals surface area contributed by atoms with Crippen molar-refractivity contribution in [3.63, 3.8) is 0 Å². The van der Waals surface area contributed by atoms with Gasteiger partial charge in [-0.15, -0.1) is 0 Å².